The second-order valence-electron chi connectivity index (χ2n) is 7.43. The van der Waals surface area contributed by atoms with Crippen molar-refractivity contribution in [3.05, 3.63) is 23.8 Å². The van der Waals surface area contributed by atoms with Crippen molar-refractivity contribution in [2.75, 3.05) is 21.3 Å². The predicted molar refractivity (Wildman–Crippen MR) is 102 cm³/mol. The van der Waals surface area contributed by atoms with E-state index in [2.05, 4.69) is 12.2 Å². The zero-order chi connectivity index (χ0) is 18.7. The van der Waals surface area contributed by atoms with Crippen molar-refractivity contribution in [3.8, 4) is 17.2 Å². The Balaban J connectivity index is 1.64. The van der Waals surface area contributed by atoms with Crippen LogP contribution >= 0.6 is 0 Å². The van der Waals surface area contributed by atoms with Crippen molar-refractivity contribution in [1.82, 2.24) is 5.32 Å². The summed E-state index contributed by atoms with van der Waals surface area (Å²) in [6.45, 7) is 2.14. The fourth-order valence-corrected chi connectivity index (χ4v) is 4.66. The molecule has 0 saturated heterocycles. The van der Waals surface area contributed by atoms with Crippen LogP contribution in [0.3, 0.4) is 0 Å². The Hall–Kier alpha value is -2.17. The molecule has 0 radical (unpaired) electrons. The Morgan fingerprint density at radius 3 is 2.31 bits per heavy atom. The largest absolute Gasteiger partial charge is 0.493 e. The number of rotatable bonds is 7. The maximum absolute atomic E-state index is 12.3. The molecule has 3 rings (SSSR count). The molecule has 2 fully saturated rings. The molecule has 2 aliphatic rings. The molecule has 0 aliphatic heterocycles. The van der Waals surface area contributed by atoms with E-state index in [1.165, 1.54) is 25.7 Å². The van der Waals surface area contributed by atoms with Crippen molar-refractivity contribution in [1.29, 1.82) is 0 Å². The minimum atomic E-state index is -0.0611. The molecule has 0 heterocycles. The number of carbonyl (C=O) groups is 1. The minimum Gasteiger partial charge on any atom is -0.493 e. The maximum atomic E-state index is 12.3. The molecule has 0 spiro atoms. The SMILES string of the molecule is COc1cc(/C=C/C(=O)N[C@H](C)[C@H]2C[C@H]3CC[C@H]2C3)cc(OC)c1OC. The van der Waals surface area contributed by atoms with Gasteiger partial charge in [0.2, 0.25) is 11.7 Å². The van der Waals surface area contributed by atoms with Gasteiger partial charge >= 0.3 is 0 Å². The first-order chi connectivity index (χ1) is 12.5. The van der Waals surface area contributed by atoms with E-state index in [1.54, 1.807) is 33.5 Å². The highest BCUT2D eigenvalue weighted by molar-refractivity contribution is 5.92. The molecule has 2 aliphatic carbocycles. The van der Waals surface area contributed by atoms with Crippen LogP contribution in [0, 0.1) is 17.8 Å². The van der Waals surface area contributed by atoms with E-state index in [0.717, 1.165) is 17.4 Å². The number of methoxy groups -OCH3 is 3. The van der Waals surface area contributed by atoms with Gasteiger partial charge in [-0.3, -0.25) is 4.79 Å². The van der Waals surface area contributed by atoms with Crippen molar-refractivity contribution >= 4 is 12.0 Å². The molecule has 1 amide bonds. The summed E-state index contributed by atoms with van der Waals surface area (Å²) in [5.74, 6) is 3.95. The summed E-state index contributed by atoms with van der Waals surface area (Å²) in [4.78, 5) is 12.3. The van der Waals surface area contributed by atoms with Gasteiger partial charge in [-0.05, 0) is 67.7 Å². The Morgan fingerprint density at radius 1 is 1.12 bits per heavy atom. The monoisotopic (exact) mass is 359 g/mol. The van der Waals surface area contributed by atoms with Crippen molar-refractivity contribution in [2.45, 2.75) is 38.6 Å². The van der Waals surface area contributed by atoms with Gasteiger partial charge in [0.05, 0.1) is 21.3 Å². The lowest BCUT2D eigenvalue weighted by atomic mass is 9.84. The number of ether oxygens (including phenoxy) is 3. The van der Waals surface area contributed by atoms with Crippen LogP contribution in [0.25, 0.3) is 6.08 Å². The van der Waals surface area contributed by atoms with E-state index in [1.807, 2.05) is 12.1 Å². The number of fused-ring (bicyclic) bond motifs is 2. The van der Waals surface area contributed by atoms with Gasteiger partial charge in [-0.2, -0.15) is 0 Å². The smallest absolute Gasteiger partial charge is 0.244 e. The van der Waals surface area contributed by atoms with Gasteiger partial charge in [0.15, 0.2) is 11.5 Å². The molecule has 1 aromatic rings. The fraction of sp³-hybridized carbons (Fsp3) is 0.571. The first-order valence-electron chi connectivity index (χ1n) is 9.34. The molecule has 1 N–H and O–H groups in total. The van der Waals surface area contributed by atoms with Gasteiger partial charge in [0, 0.05) is 12.1 Å². The third-order valence-corrected chi connectivity index (χ3v) is 5.92. The summed E-state index contributed by atoms with van der Waals surface area (Å²) in [7, 11) is 4.73. The van der Waals surface area contributed by atoms with Crippen molar-refractivity contribution in [3.63, 3.8) is 0 Å². The molecule has 0 aromatic heterocycles. The van der Waals surface area contributed by atoms with Gasteiger partial charge in [0.1, 0.15) is 0 Å². The molecule has 26 heavy (non-hydrogen) atoms. The lowest BCUT2D eigenvalue weighted by molar-refractivity contribution is -0.117. The summed E-state index contributed by atoms with van der Waals surface area (Å²) in [6, 6.07) is 3.87. The number of hydrogen-bond acceptors (Lipinski definition) is 4. The number of amides is 1. The van der Waals surface area contributed by atoms with Gasteiger partial charge < -0.3 is 19.5 Å². The van der Waals surface area contributed by atoms with Gasteiger partial charge in [-0.25, -0.2) is 0 Å². The number of nitrogens with one attached hydrogen (secondary N) is 1. The van der Waals surface area contributed by atoms with E-state index in [-0.39, 0.29) is 11.9 Å². The van der Waals surface area contributed by atoms with Crippen LogP contribution in [-0.4, -0.2) is 33.3 Å². The van der Waals surface area contributed by atoms with Crippen LogP contribution in [-0.2, 0) is 4.79 Å². The van der Waals surface area contributed by atoms with E-state index >= 15 is 0 Å². The molecular weight excluding hydrogens is 330 g/mol. The Kier molecular flexibility index (Phi) is 5.74. The fourth-order valence-electron chi connectivity index (χ4n) is 4.66. The zero-order valence-corrected chi connectivity index (χ0v) is 16.1. The number of hydrogen-bond donors (Lipinski definition) is 1. The Bertz CT molecular complexity index is 660. The highest BCUT2D eigenvalue weighted by Crippen LogP contribution is 2.49. The number of carbonyl (C=O) groups excluding carboxylic acids is 1. The third-order valence-electron chi connectivity index (χ3n) is 5.92. The lowest BCUT2D eigenvalue weighted by Crippen LogP contribution is -2.39. The van der Waals surface area contributed by atoms with Crippen LogP contribution in [0.4, 0.5) is 0 Å². The van der Waals surface area contributed by atoms with E-state index in [0.29, 0.717) is 23.2 Å². The number of benzene rings is 1. The first-order valence-corrected chi connectivity index (χ1v) is 9.34. The Morgan fingerprint density at radius 2 is 1.81 bits per heavy atom. The summed E-state index contributed by atoms with van der Waals surface area (Å²) in [6.07, 6.45) is 8.67. The zero-order valence-electron chi connectivity index (χ0n) is 16.1. The summed E-state index contributed by atoms with van der Waals surface area (Å²) >= 11 is 0. The highest BCUT2D eigenvalue weighted by Gasteiger charge is 2.41. The summed E-state index contributed by atoms with van der Waals surface area (Å²) < 4.78 is 16.0. The maximum Gasteiger partial charge on any atom is 0.244 e. The topological polar surface area (TPSA) is 56.8 Å². The van der Waals surface area contributed by atoms with E-state index in [4.69, 9.17) is 14.2 Å². The van der Waals surface area contributed by atoms with E-state index < -0.39 is 0 Å². The average molecular weight is 359 g/mol. The second-order valence-corrected chi connectivity index (χ2v) is 7.43. The summed E-state index contributed by atoms with van der Waals surface area (Å²) in [5.41, 5.74) is 0.822. The van der Waals surface area contributed by atoms with Crippen LogP contribution < -0.4 is 19.5 Å². The van der Waals surface area contributed by atoms with Gasteiger partial charge in [0.25, 0.3) is 0 Å². The van der Waals surface area contributed by atoms with Crippen LogP contribution in [0.1, 0.15) is 38.2 Å². The van der Waals surface area contributed by atoms with Crippen molar-refractivity contribution < 1.29 is 19.0 Å². The van der Waals surface area contributed by atoms with E-state index in [9.17, 15) is 4.79 Å². The quantitative estimate of drug-likeness (QED) is 0.755. The minimum absolute atomic E-state index is 0.0611. The highest BCUT2D eigenvalue weighted by atomic mass is 16.5. The van der Waals surface area contributed by atoms with Crippen LogP contribution in [0.2, 0.25) is 0 Å². The van der Waals surface area contributed by atoms with Gasteiger partial charge in [-0.15, -0.1) is 0 Å². The molecule has 2 bridgehead atoms. The van der Waals surface area contributed by atoms with Crippen molar-refractivity contribution in [2.24, 2.45) is 17.8 Å². The summed E-state index contributed by atoms with van der Waals surface area (Å²) in [5, 5.41) is 3.14. The lowest BCUT2D eigenvalue weighted by Gasteiger charge is -2.28. The normalized spacial score (nSPS) is 25.3. The van der Waals surface area contributed by atoms with Gasteiger partial charge in [-0.1, -0.05) is 6.42 Å². The Labute approximate surface area is 155 Å². The molecule has 4 atom stereocenters. The molecule has 1 aromatic carbocycles. The standard InChI is InChI=1S/C21H29NO4/c1-13(17-10-14-5-7-16(17)9-14)22-20(23)8-6-15-11-18(24-2)21(26-4)19(12-15)25-3/h6,8,11-14,16-17H,5,7,9-10H2,1-4H3,(H,22,23)/b8-6+/t13-,14+,16+,17-/m1/s1. The third kappa shape index (κ3) is 3.81. The van der Waals surface area contributed by atoms with Crippen LogP contribution in [0.5, 0.6) is 17.2 Å². The van der Waals surface area contributed by atoms with Crippen LogP contribution in [0.15, 0.2) is 18.2 Å². The predicted octanol–water partition coefficient (Wildman–Crippen LogP) is 3.67. The average Bonchev–Trinajstić information content (AvgIpc) is 3.28. The molecule has 0 unspecified atom stereocenters. The molecule has 5 nitrogen and oxygen atoms in total. The molecular formula is C21H29NO4. The second kappa shape index (κ2) is 8.02. The molecule has 2 saturated carbocycles. The first kappa shape index (κ1) is 18.6. The molecule has 142 valence electrons. The molecule has 5 heteroatoms.